The third kappa shape index (κ3) is 6.09. The van der Waals surface area contributed by atoms with E-state index in [-0.39, 0.29) is 29.0 Å². The van der Waals surface area contributed by atoms with Crippen molar-refractivity contribution in [1.29, 1.82) is 0 Å². The zero-order valence-electron chi connectivity index (χ0n) is 19.7. The summed E-state index contributed by atoms with van der Waals surface area (Å²) in [6, 6.07) is 6.19. The number of nitro groups is 2. The molecule has 1 N–H and O–H groups in total. The number of hydrazone groups is 1. The minimum absolute atomic E-state index is 0.0839. The number of nitrogens with zero attached hydrogens (tertiary/aromatic N) is 6. The number of halogens is 2. The number of anilines is 2. The lowest BCUT2D eigenvalue weighted by Crippen LogP contribution is -2.37. The van der Waals surface area contributed by atoms with Crippen molar-refractivity contribution < 1.29 is 28.4 Å². The van der Waals surface area contributed by atoms with Crippen LogP contribution in [0.25, 0.3) is 0 Å². The Morgan fingerprint density at radius 1 is 1.18 bits per heavy atom. The van der Waals surface area contributed by atoms with E-state index in [4.69, 9.17) is 14.2 Å². The van der Waals surface area contributed by atoms with Crippen LogP contribution in [-0.2, 0) is 4.74 Å². The molecule has 0 bridgehead atoms. The van der Waals surface area contributed by atoms with Gasteiger partial charge in [-0.25, -0.2) is 14.8 Å². The maximum Gasteiger partial charge on any atom is 0.318 e. The number of methoxy groups -OCH3 is 1. The van der Waals surface area contributed by atoms with E-state index in [2.05, 4.69) is 36.4 Å². The van der Waals surface area contributed by atoms with E-state index in [0.717, 1.165) is 24.4 Å². The Morgan fingerprint density at radius 3 is 2.63 bits per heavy atom. The average Bonchev–Trinajstić information content (AvgIpc) is 2.91. The number of hydrogen-bond donors (Lipinski definition) is 1. The first-order chi connectivity index (χ1) is 18.3. The fourth-order valence-corrected chi connectivity index (χ4v) is 3.99. The number of non-ortho nitro benzene ring substituents is 1. The summed E-state index contributed by atoms with van der Waals surface area (Å²) in [5, 5.41) is 26.5. The van der Waals surface area contributed by atoms with E-state index in [1.807, 2.05) is 0 Å². The first kappa shape index (κ1) is 26.6. The Balaban J connectivity index is 1.53. The molecule has 38 heavy (non-hydrogen) atoms. The number of nitro benzene ring substituents is 2. The molecule has 1 aliphatic heterocycles. The highest BCUT2D eigenvalue weighted by Gasteiger charge is 2.23. The third-order valence-corrected chi connectivity index (χ3v) is 5.82. The van der Waals surface area contributed by atoms with Crippen LogP contribution in [0.5, 0.6) is 17.2 Å². The van der Waals surface area contributed by atoms with Crippen LogP contribution in [-0.4, -0.2) is 59.4 Å². The number of rotatable bonds is 9. The van der Waals surface area contributed by atoms with Crippen LogP contribution >= 0.6 is 15.9 Å². The molecule has 198 valence electrons. The molecule has 1 aliphatic rings. The van der Waals surface area contributed by atoms with Crippen molar-refractivity contribution in [2.24, 2.45) is 5.10 Å². The summed E-state index contributed by atoms with van der Waals surface area (Å²) in [6.45, 7) is 1.94. The van der Waals surface area contributed by atoms with Gasteiger partial charge in [0.25, 0.3) is 5.69 Å². The second-order valence-corrected chi connectivity index (χ2v) is 8.49. The number of ether oxygens (including phenoxy) is 3. The number of benzene rings is 2. The Bertz CT molecular complexity index is 1400. The number of hydrogen-bond acceptors (Lipinski definition) is 12. The molecule has 14 nitrogen and oxygen atoms in total. The number of morpholine rings is 1. The topological polar surface area (TPSA) is 167 Å². The summed E-state index contributed by atoms with van der Waals surface area (Å²) >= 11 is 3.35. The second kappa shape index (κ2) is 11.7. The molecule has 4 rings (SSSR count). The summed E-state index contributed by atoms with van der Waals surface area (Å²) in [5.41, 5.74) is 2.15. The summed E-state index contributed by atoms with van der Waals surface area (Å²) < 4.78 is 30.9. The van der Waals surface area contributed by atoms with Crippen molar-refractivity contribution >= 4 is 45.3 Å². The van der Waals surface area contributed by atoms with E-state index in [1.54, 1.807) is 17.0 Å². The van der Waals surface area contributed by atoms with Crippen LogP contribution < -0.4 is 19.8 Å². The standard InChI is InChI=1S/C22H19BrFN7O7/c1-36-19-9-13(11-26-28-22-25-12-16(24)21(27-22)29-4-6-37-7-5-29)8-15(23)20(19)38-18-3-2-14(30(32)33)10-17(18)31(34)35/h2-3,8-12H,4-7H2,1H3,(H,25,27,28). The third-order valence-electron chi connectivity index (χ3n) is 5.23. The van der Waals surface area contributed by atoms with Crippen LogP contribution in [0.1, 0.15) is 5.56 Å². The molecule has 2 heterocycles. The molecule has 0 saturated carbocycles. The zero-order valence-corrected chi connectivity index (χ0v) is 21.3. The Labute approximate surface area is 222 Å². The molecule has 0 amide bonds. The minimum Gasteiger partial charge on any atom is -0.493 e. The lowest BCUT2D eigenvalue weighted by atomic mass is 10.2. The molecule has 0 radical (unpaired) electrons. The molecule has 3 aromatic rings. The smallest absolute Gasteiger partial charge is 0.318 e. The Hall–Kier alpha value is -4.44. The SMILES string of the molecule is COc1cc(C=NNc2ncc(F)c(N3CCOCC3)n2)cc(Br)c1Oc1ccc([N+](=O)[O-])cc1[N+](=O)[O-]. The van der Waals surface area contributed by atoms with Crippen LogP contribution in [0.2, 0.25) is 0 Å². The summed E-state index contributed by atoms with van der Waals surface area (Å²) in [5.74, 6) is -0.244. The van der Waals surface area contributed by atoms with E-state index in [0.29, 0.717) is 36.3 Å². The van der Waals surface area contributed by atoms with Gasteiger partial charge in [0, 0.05) is 19.2 Å². The van der Waals surface area contributed by atoms with Crippen molar-refractivity contribution in [3.05, 3.63) is 72.6 Å². The first-order valence-electron chi connectivity index (χ1n) is 10.9. The number of nitrogens with one attached hydrogen (secondary N) is 1. The highest BCUT2D eigenvalue weighted by molar-refractivity contribution is 9.10. The van der Waals surface area contributed by atoms with Crippen molar-refractivity contribution in [2.45, 2.75) is 0 Å². The molecule has 1 aromatic heterocycles. The highest BCUT2D eigenvalue weighted by Crippen LogP contribution is 2.42. The van der Waals surface area contributed by atoms with Gasteiger partial charge in [0.05, 0.1) is 53.1 Å². The van der Waals surface area contributed by atoms with Gasteiger partial charge in [-0.1, -0.05) is 0 Å². The summed E-state index contributed by atoms with van der Waals surface area (Å²) in [6.07, 6.45) is 2.48. The van der Waals surface area contributed by atoms with Gasteiger partial charge in [0.2, 0.25) is 11.7 Å². The van der Waals surface area contributed by atoms with Crippen LogP contribution in [0, 0.1) is 26.0 Å². The molecule has 0 unspecified atom stereocenters. The fraction of sp³-hybridized carbons (Fsp3) is 0.227. The molecular weight excluding hydrogens is 573 g/mol. The monoisotopic (exact) mass is 591 g/mol. The van der Waals surface area contributed by atoms with Gasteiger partial charge in [0.1, 0.15) is 0 Å². The number of aromatic nitrogens is 2. The van der Waals surface area contributed by atoms with Crippen LogP contribution in [0.4, 0.5) is 27.5 Å². The molecule has 1 saturated heterocycles. The lowest BCUT2D eigenvalue weighted by Gasteiger charge is -2.27. The molecule has 2 aromatic carbocycles. The first-order valence-corrected chi connectivity index (χ1v) is 11.7. The van der Waals surface area contributed by atoms with Gasteiger partial charge in [-0.3, -0.25) is 20.2 Å². The summed E-state index contributed by atoms with van der Waals surface area (Å²) in [7, 11) is 1.37. The van der Waals surface area contributed by atoms with Gasteiger partial charge >= 0.3 is 5.69 Å². The fourth-order valence-electron chi connectivity index (χ4n) is 3.45. The second-order valence-electron chi connectivity index (χ2n) is 7.64. The van der Waals surface area contributed by atoms with Gasteiger partial charge in [-0.05, 0) is 39.7 Å². The normalized spacial score (nSPS) is 13.4. The molecule has 16 heteroatoms. The van der Waals surface area contributed by atoms with Gasteiger partial charge in [-0.15, -0.1) is 0 Å². The van der Waals surface area contributed by atoms with Gasteiger partial charge in [0.15, 0.2) is 23.1 Å². The zero-order chi connectivity index (χ0) is 27.2. The van der Waals surface area contributed by atoms with Crippen molar-refractivity contribution in [3.8, 4) is 17.2 Å². The van der Waals surface area contributed by atoms with Crippen molar-refractivity contribution in [2.75, 3.05) is 43.7 Å². The maximum atomic E-state index is 14.2. The Morgan fingerprint density at radius 2 is 1.95 bits per heavy atom. The average molecular weight is 592 g/mol. The van der Waals surface area contributed by atoms with Crippen LogP contribution in [0.3, 0.4) is 0 Å². The molecule has 1 fully saturated rings. The largest absolute Gasteiger partial charge is 0.493 e. The van der Waals surface area contributed by atoms with E-state index in [9.17, 15) is 24.6 Å². The predicted molar refractivity (Wildman–Crippen MR) is 137 cm³/mol. The van der Waals surface area contributed by atoms with Gasteiger partial charge < -0.3 is 19.1 Å². The molecular formula is C22H19BrFN7O7. The Kier molecular flexibility index (Phi) is 8.22. The van der Waals surface area contributed by atoms with E-state index >= 15 is 0 Å². The molecule has 0 atom stereocenters. The molecule has 0 aliphatic carbocycles. The van der Waals surface area contributed by atoms with Crippen LogP contribution in [0.15, 0.2) is 46.1 Å². The van der Waals surface area contributed by atoms with Crippen molar-refractivity contribution in [1.82, 2.24) is 9.97 Å². The van der Waals surface area contributed by atoms with E-state index < -0.39 is 27.0 Å². The predicted octanol–water partition coefficient (Wildman–Crippen LogP) is 4.28. The highest BCUT2D eigenvalue weighted by atomic mass is 79.9. The molecule has 0 spiro atoms. The van der Waals surface area contributed by atoms with E-state index in [1.165, 1.54) is 13.3 Å². The van der Waals surface area contributed by atoms with Crippen molar-refractivity contribution in [3.63, 3.8) is 0 Å². The minimum atomic E-state index is -0.780. The van der Waals surface area contributed by atoms with Gasteiger partial charge in [-0.2, -0.15) is 10.1 Å². The summed E-state index contributed by atoms with van der Waals surface area (Å²) in [4.78, 5) is 30.7. The lowest BCUT2D eigenvalue weighted by molar-refractivity contribution is -0.394. The quantitative estimate of drug-likeness (QED) is 0.214. The maximum absolute atomic E-state index is 14.2.